The van der Waals surface area contributed by atoms with Crippen LogP contribution in [0.15, 0.2) is 6.20 Å². The highest BCUT2D eigenvalue weighted by Crippen LogP contribution is 2.34. The Labute approximate surface area is 118 Å². The number of hydrogen-bond acceptors (Lipinski definition) is 4. The third-order valence-electron chi connectivity index (χ3n) is 4.34. The molecule has 2 bridgehead atoms. The molecule has 6 nitrogen and oxygen atoms in total. The molecule has 3 rings (SSSR count). The SMILES string of the molecule is Cc1c(C(=O)NC2CC3CCC2O3)cnn1CCCN. The molecular weight excluding hydrogens is 256 g/mol. The molecule has 3 unspecified atom stereocenters. The molecule has 3 N–H and O–H groups in total. The summed E-state index contributed by atoms with van der Waals surface area (Å²) in [4.78, 5) is 12.3. The Morgan fingerprint density at radius 1 is 1.60 bits per heavy atom. The van der Waals surface area contributed by atoms with E-state index in [4.69, 9.17) is 10.5 Å². The first kappa shape index (κ1) is 13.6. The molecule has 0 aliphatic carbocycles. The molecule has 110 valence electrons. The molecule has 6 heteroatoms. The monoisotopic (exact) mass is 278 g/mol. The lowest BCUT2D eigenvalue weighted by atomic mass is 9.95. The highest BCUT2D eigenvalue weighted by molar-refractivity contribution is 5.95. The summed E-state index contributed by atoms with van der Waals surface area (Å²) in [6.45, 7) is 3.31. The van der Waals surface area contributed by atoms with Gasteiger partial charge in [0.2, 0.25) is 0 Å². The fourth-order valence-electron chi connectivity index (χ4n) is 3.17. The van der Waals surface area contributed by atoms with Crippen molar-refractivity contribution in [1.29, 1.82) is 0 Å². The highest BCUT2D eigenvalue weighted by Gasteiger charge is 2.41. The Bertz CT molecular complexity index is 499. The summed E-state index contributed by atoms with van der Waals surface area (Å²) in [5.74, 6) is -0.0392. The van der Waals surface area contributed by atoms with Crippen molar-refractivity contribution in [2.75, 3.05) is 6.54 Å². The van der Waals surface area contributed by atoms with Crippen molar-refractivity contribution in [2.45, 2.75) is 57.4 Å². The van der Waals surface area contributed by atoms with E-state index in [9.17, 15) is 4.79 Å². The molecule has 1 amide bonds. The van der Waals surface area contributed by atoms with Gasteiger partial charge in [0.15, 0.2) is 0 Å². The van der Waals surface area contributed by atoms with Gasteiger partial charge in [-0.1, -0.05) is 0 Å². The molecule has 20 heavy (non-hydrogen) atoms. The van der Waals surface area contributed by atoms with Crippen LogP contribution >= 0.6 is 0 Å². The van der Waals surface area contributed by atoms with E-state index >= 15 is 0 Å². The molecule has 2 aliphatic rings. The summed E-state index contributed by atoms with van der Waals surface area (Å²) in [7, 11) is 0. The number of ether oxygens (including phenoxy) is 1. The Balaban J connectivity index is 1.64. The first-order chi connectivity index (χ1) is 9.69. The second-order valence-electron chi connectivity index (χ2n) is 5.70. The number of rotatable bonds is 5. The van der Waals surface area contributed by atoms with Crippen molar-refractivity contribution in [2.24, 2.45) is 5.73 Å². The number of hydrogen-bond donors (Lipinski definition) is 2. The molecule has 0 aromatic carbocycles. The molecule has 3 atom stereocenters. The quantitative estimate of drug-likeness (QED) is 0.826. The Morgan fingerprint density at radius 3 is 3.10 bits per heavy atom. The van der Waals surface area contributed by atoms with Crippen LogP contribution in [0, 0.1) is 6.92 Å². The van der Waals surface area contributed by atoms with Gasteiger partial charge in [0.1, 0.15) is 0 Å². The van der Waals surface area contributed by atoms with Crippen LogP contribution in [0.4, 0.5) is 0 Å². The summed E-state index contributed by atoms with van der Waals surface area (Å²) in [5, 5.41) is 7.36. The molecule has 2 saturated heterocycles. The van der Waals surface area contributed by atoms with E-state index in [1.54, 1.807) is 6.20 Å². The summed E-state index contributed by atoms with van der Waals surface area (Å²) >= 11 is 0. The van der Waals surface area contributed by atoms with Gasteiger partial charge in [-0.2, -0.15) is 5.10 Å². The summed E-state index contributed by atoms with van der Waals surface area (Å²) < 4.78 is 7.61. The van der Waals surface area contributed by atoms with E-state index in [1.807, 2.05) is 11.6 Å². The number of carbonyl (C=O) groups is 1. The lowest BCUT2D eigenvalue weighted by Gasteiger charge is -2.19. The number of amides is 1. The molecule has 1 aromatic rings. The molecule has 0 spiro atoms. The van der Waals surface area contributed by atoms with E-state index in [-0.39, 0.29) is 18.1 Å². The summed E-state index contributed by atoms with van der Waals surface area (Å²) in [6.07, 6.45) is 6.20. The Morgan fingerprint density at radius 2 is 2.45 bits per heavy atom. The van der Waals surface area contributed by atoms with Crippen LogP contribution in [-0.4, -0.2) is 40.5 Å². The van der Waals surface area contributed by atoms with Gasteiger partial charge in [-0.25, -0.2) is 0 Å². The van der Waals surface area contributed by atoms with Crippen LogP contribution in [0.5, 0.6) is 0 Å². The fourth-order valence-corrected chi connectivity index (χ4v) is 3.17. The first-order valence-corrected chi connectivity index (χ1v) is 7.38. The van der Waals surface area contributed by atoms with Gasteiger partial charge >= 0.3 is 0 Å². The maximum Gasteiger partial charge on any atom is 0.255 e. The topological polar surface area (TPSA) is 82.2 Å². The number of aromatic nitrogens is 2. The zero-order valence-corrected chi connectivity index (χ0v) is 11.8. The van der Waals surface area contributed by atoms with E-state index in [2.05, 4.69) is 10.4 Å². The third-order valence-corrected chi connectivity index (χ3v) is 4.34. The minimum atomic E-state index is -0.0392. The van der Waals surface area contributed by atoms with Gasteiger partial charge in [0.05, 0.1) is 30.0 Å². The lowest BCUT2D eigenvalue weighted by molar-refractivity contribution is 0.0840. The smallest absolute Gasteiger partial charge is 0.255 e. The van der Waals surface area contributed by atoms with Crippen molar-refractivity contribution >= 4 is 5.91 Å². The predicted molar refractivity (Wildman–Crippen MR) is 74.4 cm³/mol. The van der Waals surface area contributed by atoms with Gasteiger partial charge in [-0.15, -0.1) is 0 Å². The number of nitrogens with one attached hydrogen (secondary N) is 1. The lowest BCUT2D eigenvalue weighted by Crippen LogP contribution is -2.41. The average Bonchev–Trinajstić information content (AvgIpc) is 3.12. The molecule has 0 saturated carbocycles. The minimum Gasteiger partial charge on any atom is -0.373 e. The second kappa shape index (κ2) is 5.54. The van der Waals surface area contributed by atoms with Crippen molar-refractivity contribution in [3.63, 3.8) is 0 Å². The van der Waals surface area contributed by atoms with Gasteiger partial charge < -0.3 is 15.8 Å². The van der Waals surface area contributed by atoms with Crippen LogP contribution < -0.4 is 11.1 Å². The van der Waals surface area contributed by atoms with Gasteiger partial charge in [0.25, 0.3) is 5.91 Å². The average molecular weight is 278 g/mol. The van der Waals surface area contributed by atoms with E-state index in [0.29, 0.717) is 18.2 Å². The standard InChI is InChI=1S/C14H22N4O2/c1-9-11(8-16-18(9)6-2-5-15)14(19)17-12-7-10-3-4-13(12)20-10/h8,10,12-13H,2-7,15H2,1H3,(H,17,19). The number of carbonyl (C=O) groups excluding carboxylic acids is 1. The number of nitrogens with two attached hydrogens (primary N) is 1. The van der Waals surface area contributed by atoms with Gasteiger partial charge in [0, 0.05) is 12.2 Å². The number of aryl methyl sites for hydroxylation is 1. The molecule has 0 radical (unpaired) electrons. The zero-order valence-electron chi connectivity index (χ0n) is 11.8. The molecule has 3 heterocycles. The maximum absolute atomic E-state index is 12.3. The molecular formula is C14H22N4O2. The van der Waals surface area contributed by atoms with Crippen molar-refractivity contribution in [3.8, 4) is 0 Å². The van der Waals surface area contributed by atoms with Crippen LogP contribution in [-0.2, 0) is 11.3 Å². The summed E-state index contributed by atoms with van der Waals surface area (Å²) in [5.41, 5.74) is 7.06. The van der Waals surface area contributed by atoms with Crippen LogP contribution in [0.25, 0.3) is 0 Å². The fraction of sp³-hybridized carbons (Fsp3) is 0.714. The number of nitrogens with zero attached hydrogens (tertiary/aromatic N) is 2. The first-order valence-electron chi connectivity index (χ1n) is 7.38. The van der Waals surface area contributed by atoms with Gasteiger partial charge in [-0.05, 0) is 39.2 Å². The normalized spacial score (nSPS) is 28.0. The van der Waals surface area contributed by atoms with Crippen LogP contribution in [0.1, 0.15) is 41.7 Å². The minimum absolute atomic E-state index is 0.0392. The Hall–Kier alpha value is -1.40. The number of fused-ring (bicyclic) bond motifs is 2. The van der Waals surface area contributed by atoms with E-state index < -0.39 is 0 Å². The van der Waals surface area contributed by atoms with Crippen molar-refractivity contribution < 1.29 is 9.53 Å². The zero-order chi connectivity index (χ0) is 14.1. The van der Waals surface area contributed by atoms with Crippen LogP contribution in [0.2, 0.25) is 0 Å². The van der Waals surface area contributed by atoms with Crippen LogP contribution in [0.3, 0.4) is 0 Å². The molecule has 2 fully saturated rings. The highest BCUT2D eigenvalue weighted by atomic mass is 16.5. The second-order valence-corrected chi connectivity index (χ2v) is 5.70. The van der Waals surface area contributed by atoms with Crippen molar-refractivity contribution in [1.82, 2.24) is 15.1 Å². The molecule has 1 aromatic heterocycles. The molecule has 2 aliphatic heterocycles. The van der Waals surface area contributed by atoms with Crippen molar-refractivity contribution in [3.05, 3.63) is 17.5 Å². The van der Waals surface area contributed by atoms with Gasteiger partial charge in [-0.3, -0.25) is 9.48 Å². The predicted octanol–water partition coefficient (Wildman–Crippen LogP) is 0.590. The summed E-state index contributed by atoms with van der Waals surface area (Å²) in [6, 6.07) is 0.160. The third kappa shape index (κ3) is 2.45. The van der Waals surface area contributed by atoms with E-state index in [1.165, 1.54) is 0 Å². The maximum atomic E-state index is 12.3. The van der Waals surface area contributed by atoms with E-state index in [0.717, 1.165) is 37.9 Å². The largest absolute Gasteiger partial charge is 0.373 e. The Kier molecular flexibility index (Phi) is 3.76.